The summed E-state index contributed by atoms with van der Waals surface area (Å²) in [6.45, 7) is 7.31. The minimum atomic E-state index is 0. The Balaban J connectivity index is 0.00000144. The SMILES string of the molecule is Cc1nc(N)c2nc(C)n(CCN)c2c1C.Cl. The Morgan fingerprint density at radius 2 is 1.82 bits per heavy atom. The van der Waals surface area contributed by atoms with Crippen LogP contribution in [-0.2, 0) is 6.54 Å². The van der Waals surface area contributed by atoms with E-state index in [0.717, 1.165) is 34.7 Å². The van der Waals surface area contributed by atoms with Crippen LogP contribution >= 0.6 is 12.4 Å². The van der Waals surface area contributed by atoms with E-state index >= 15 is 0 Å². The van der Waals surface area contributed by atoms with Crippen LogP contribution in [0.25, 0.3) is 11.0 Å². The Kier molecular flexibility index (Phi) is 3.95. The summed E-state index contributed by atoms with van der Waals surface area (Å²) >= 11 is 0. The fraction of sp³-hybridized carbons (Fsp3) is 0.455. The van der Waals surface area contributed by atoms with Crippen molar-refractivity contribution in [3.05, 3.63) is 17.1 Å². The molecule has 0 amide bonds. The lowest BCUT2D eigenvalue weighted by Crippen LogP contribution is -2.12. The number of aromatic nitrogens is 3. The number of hydrogen-bond acceptors (Lipinski definition) is 4. The fourth-order valence-electron chi connectivity index (χ4n) is 2.01. The van der Waals surface area contributed by atoms with Crippen molar-refractivity contribution in [2.45, 2.75) is 27.3 Å². The maximum absolute atomic E-state index is 5.89. The van der Waals surface area contributed by atoms with Crippen molar-refractivity contribution in [3.63, 3.8) is 0 Å². The fourth-order valence-corrected chi connectivity index (χ4v) is 2.01. The first-order valence-corrected chi connectivity index (χ1v) is 5.35. The van der Waals surface area contributed by atoms with Crippen molar-refractivity contribution in [1.82, 2.24) is 14.5 Å². The van der Waals surface area contributed by atoms with Crippen LogP contribution in [0.15, 0.2) is 0 Å². The lowest BCUT2D eigenvalue weighted by atomic mass is 10.2. The molecule has 2 aromatic heterocycles. The Labute approximate surface area is 107 Å². The van der Waals surface area contributed by atoms with Crippen molar-refractivity contribution < 1.29 is 0 Å². The molecule has 4 N–H and O–H groups in total. The summed E-state index contributed by atoms with van der Waals surface area (Å²) in [4.78, 5) is 8.74. The molecule has 5 nitrogen and oxygen atoms in total. The molecule has 17 heavy (non-hydrogen) atoms. The predicted octanol–water partition coefficient (Wildman–Crippen LogP) is 1.32. The van der Waals surface area contributed by atoms with Crippen LogP contribution in [-0.4, -0.2) is 21.1 Å². The maximum atomic E-state index is 5.89. The van der Waals surface area contributed by atoms with Gasteiger partial charge in [-0.3, -0.25) is 0 Å². The van der Waals surface area contributed by atoms with E-state index in [9.17, 15) is 0 Å². The first-order valence-electron chi connectivity index (χ1n) is 5.35. The van der Waals surface area contributed by atoms with E-state index in [1.807, 2.05) is 20.8 Å². The van der Waals surface area contributed by atoms with Gasteiger partial charge in [0.1, 0.15) is 11.3 Å². The molecule has 0 aliphatic carbocycles. The number of pyridine rings is 1. The summed E-state index contributed by atoms with van der Waals surface area (Å²) < 4.78 is 2.11. The maximum Gasteiger partial charge on any atom is 0.151 e. The summed E-state index contributed by atoms with van der Waals surface area (Å²) in [5.41, 5.74) is 15.4. The molecule has 0 saturated heterocycles. The molecule has 2 aromatic rings. The zero-order valence-electron chi connectivity index (χ0n) is 10.3. The topological polar surface area (TPSA) is 82.8 Å². The molecule has 0 fully saturated rings. The van der Waals surface area contributed by atoms with E-state index in [2.05, 4.69) is 14.5 Å². The highest BCUT2D eigenvalue weighted by molar-refractivity contribution is 5.88. The van der Waals surface area contributed by atoms with Crippen LogP contribution in [0.3, 0.4) is 0 Å². The van der Waals surface area contributed by atoms with Gasteiger partial charge >= 0.3 is 0 Å². The van der Waals surface area contributed by atoms with Crippen LogP contribution in [0.2, 0.25) is 0 Å². The lowest BCUT2D eigenvalue weighted by molar-refractivity contribution is 0.702. The third-order valence-corrected chi connectivity index (χ3v) is 2.94. The van der Waals surface area contributed by atoms with Crippen molar-refractivity contribution in [3.8, 4) is 0 Å². The van der Waals surface area contributed by atoms with Crippen LogP contribution < -0.4 is 11.5 Å². The number of halogens is 1. The highest BCUT2D eigenvalue weighted by Gasteiger charge is 2.14. The standard InChI is InChI=1S/C11H17N5.ClH/c1-6-7(2)14-11(13)9-10(6)16(5-4-12)8(3)15-9;/h4-5,12H2,1-3H3,(H2,13,14);1H. The van der Waals surface area contributed by atoms with Gasteiger partial charge in [0.25, 0.3) is 0 Å². The van der Waals surface area contributed by atoms with Gasteiger partial charge in [-0.25, -0.2) is 9.97 Å². The summed E-state index contributed by atoms with van der Waals surface area (Å²) in [5.74, 6) is 1.43. The molecule has 94 valence electrons. The quantitative estimate of drug-likeness (QED) is 0.848. The van der Waals surface area contributed by atoms with Gasteiger partial charge in [-0.15, -0.1) is 12.4 Å². The second-order valence-electron chi connectivity index (χ2n) is 4.00. The number of nitrogens with two attached hydrogens (primary N) is 2. The molecular formula is C11H18ClN5. The van der Waals surface area contributed by atoms with Gasteiger partial charge in [-0.05, 0) is 26.3 Å². The van der Waals surface area contributed by atoms with Crippen LogP contribution in [0.5, 0.6) is 0 Å². The molecule has 0 spiro atoms. The normalized spacial score (nSPS) is 10.6. The van der Waals surface area contributed by atoms with Crippen molar-refractivity contribution in [2.24, 2.45) is 5.73 Å². The van der Waals surface area contributed by atoms with Gasteiger partial charge in [0.15, 0.2) is 5.82 Å². The zero-order valence-corrected chi connectivity index (χ0v) is 11.1. The second kappa shape index (κ2) is 4.89. The summed E-state index contributed by atoms with van der Waals surface area (Å²) in [7, 11) is 0. The number of fused-ring (bicyclic) bond motifs is 1. The number of imidazole rings is 1. The number of aryl methyl sites for hydroxylation is 3. The van der Waals surface area contributed by atoms with Crippen molar-refractivity contribution in [1.29, 1.82) is 0 Å². The molecule has 2 rings (SSSR count). The highest BCUT2D eigenvalue weighted by Crippen LogP contribution is 2.25. The number of rotatable bonds is 2. The zero-order chi connectivity index (χ0) is 11.9. The third kappa shape index (κ3) is 2.08. The van der Waals surface area contributed by atoms with E-state index in [4.69, 9.17) is 11.5 Å². The first kappa shape index (κ1) is 13.7. The average Bonchev–Trinajstić information content (AvgIpc) is 2.55. The summed E-state index contributed by atoms with van der Waals surface area (Å²) in [6, 6.07) is 0. The van der Waals surface area contributed by atoms with Crippen molar-refractivity contribution in [2.75, 3.05) is 12.3 Å². The van der Waals surface area contributed by atoms with Crippen molar-refractivity contribution >= 4 is 29.3 Å². The Morgan fingerprint density at radius 1 is 1.18 bits per heavy atom. The first-order chi connectivity index (χ1) is 7.56. The molecule has 2 heterocycles. The van der Waals surface area contributed by atoms with Gasteiger partial charge in [0.05, 0.1) is 5.52 Å². The Morgan fingerprint density at radius 3 is 2.41 bits per heavy atom. The third-order valence-electron chi connectivity index (χ3n) is 2.94. The molecule has 0 atom stereocenters. The van der Waals surface area contributed by atoms with Gasteiger partial charge in [0, 0.05) is 18.8 Å². The van der Waals surface area contributed by atoms with E-state index in [1.165, 1.54) is 0 Å². The highest BCUT2D eigenvalue weighted by atomic mass is 35.5. The minimum absolute atomic E-state index is 0. The van der Waals surface area contributed by atoms with Gasteiger partial charge in [-0.2, -0.15) is 0 Å². The number of anilines is 1. The van der Waals surface area contributed by atoms with Crippen LogP contribution in [0.4, 0.5) is 5.82 Å². The van der Waals surface area contributed by atoms with E-state index < -0.39 is 0 Å². The van der Waals surface area contributed by atoms with E-state index in [1.54, 1.807) is 0 Å². The predicted molar refractivity (Wildman–Crippen MR) is 72.5 cm³/mol. The molecule has 0 aliphatic heterocycles. The molecule has 0 unspecified atom stereocenters. The van der Waals surface area contributed by atoms with Crippen LogP contribution in [0, 0.1) is 20.8 Å². The lowest BCUT2D eigenvalue weighted by Gasteiger charge is -2.08. The molecule has 0 aliphatic rings. The molecule has 0 radical (unpaired) electrons. The van der Waals surface area contributed by atoms with E-state index in [0.29, 0.717) is 12.4 Å². The number of nitrogen functional groups attached to an aromatic ring is 1. The summed E-state index contributed by atoms with van der Waals surface area (Å²) in [6.07, 6.45) is 0. The van der Waals surface area contributed by atoms with Gasteiger partial charge < -0.3 is 16.0 Å². The molecule has 6 heteroatoms. The second-order valence-corrected chi connectivity index (χ2v) is 4.00. The number of nitrogens with zero attached hydrogens (tertiary/aromatic N) is 3. The average molecular weight is 256 g/mol. The molecule has 0 bridgehead atoms. The van der Waals surface area contributed by atoms with Gasteiger partial charge in [0.2, 0.25) is 0 Å². The Bertz CT molecular complexity index is 547. The summed E-state index contributed by atoms with van der Waals surface area (Å²) in [5, 5.41) is 0. The number of hydrogen-bond donors (Lipinski definition) is 2. The van der Waals surface area contributed by atoms with E-state index in [-0.39, 0.29) is 12.4 Å². The molecular weight excluding hydrogens is 238 g/mol. The molecule has 0 saturated carbocycles. The van der Waals surface area contributed by atoms with Crippen LogP contribution in [0.1, 0.15) is 17.1 Å². The largest absolute Gasteiger partial charge is 0.382 e. The monoisotopic (exact) mass is 255 g/mol. The van der Waals surface area contributed by atoms with Gasteiger partial charge in [-0.1, -0.05) is 0 Å². The Hall–Kier alpha value is -1.33. The molecule has 0 aromatic carbocycles. The minimum Gasteiger partial charge on any atom is -0.382 e. The smallest absolute Gasteiger partial charge is 0.151 e.